The van der Waals surface area contributed by atoms with Crippen LogP contribution in [0.1, 0.15) is 38.5 Å². The van der Waals surface area contributed by atoms with Gasteiger partial charge < -0.3 is 25.8 Å². The number of nitrogens with zero attached hydrogens (tertiary/aromatic N) is 3. The highest BCUT2D eigenvalue weighted by Crippen LogP contribution is 2.32. The molecule has 3 saturated heterocycles. The summed E-state index contributed by atoms with van der Waals surface area (Å²) in [5.41, 5.74) is 2.72. The highest BCUT2D eigenvalue weighted by atomic mass is 19.1. The molecule has 9 nitrogen and oxygen atoms in total. The molecule has 4 N–H and O–H groups in total. The zero-order chi connectivity index (χ0) is 27.9. The van der Waals surface area contributed by atoms with Crippen molar-refractivity contribution >= 4 is 39.7 Å². The molecule has 4 aromatic rings. The fraction of sp³-hybridized carbons (Fsp3) is 0.355. The second-order valence-electron chi connectivity index (χ2n) is 11.4. The molecule has 2 bridgehead atoms. The minimum Gasteiger partial charge on any atom is -0.367 e. The minimum absolute atomic E-state index is 0.0227. The average molecular weight is 554 g/mol. The molecule has 3 aromatic heterocycles. The molecule has 8 rings (SSSR count). The first-order valence-corrected chi connectivity index (χ1v) is 14.4. The second kappa shape index (κ2) is 10.6. The van der Waals surface area contributed by atoms with E-state index in [1.807, 2.05) is 18.3 Å². The molecule has 10 heteroatoms. The second-order valence-corrected chi connectivity index (χ2v) is 11.4. The predicted molar refractivity (Wildman–Crippen MR) is 158 cm³/mol. The van der Waals surface area contributed by atoms with Gasteiger partial charge in [-0.15, -0.1) is 0 Å². The van der Waals surface area contributed by atoms with Gasteiger partial charge in [0.05, 0.1) is 34.2 Å². The third-order valence-corrected chi connectivity index (χ3v) is 8.52. The molecule has 210 valence electrons. The van der Waals surface area contributed by atoms with Crippen LogP contribution in [0, 0.1) is 11.7 Å². The maximum Gasteiger partial charge on any atom is 0.259 e. The molecule has 1 amide bonds. The Kier molecular flexibility index (Phi) is 6.62. The van der Waals surface area contributed by atoms with Crippen LogP contribution in [0.2, 0.25) is 0 Å². The SMILES string of the molecule is O=C(Nc1ccc(-c2cc(Nc3ccc(N4CC5CC(C4)N5)cn3)c3c(=O)[nH]ccc3n2)c(F)c1)C1CCCCC1. The van der Waals surface area contributed by atoms with Crippen molar-refractivity contribution in [3.8, 4) is 11.3 Å². The van der Waals surface area contributed by atoms with Gasteiger partial charge in [0.1, 0.15) is 11.6 Å². The summed E-state index contributed by atoms with van der Waals surface area (Å²) in [6.45, 7) is 1.93. The summed E-state index contributed by atoms with van der Waals surface area (Å²) in [6, 6.07) is 13.0. The van der Waals surface area contributed by atoms with Gasteiger partial charge >= 0.3 is 0 Å². The Morgan fingerprint density at radius 1 is 1.02 bits per heavy atom. The van der Waals surface area contributed by atoms with Crippen LogP contribution >= 0.6 is 0 Å². The number of H-pyrrole nitrogens is 1. The number of amides is 1. The number of carbonyl (C=O) groups excluding carboxylic acids is 1. The molecule has 4 fully saturated rings. The van der Waals surface area contributed by atoms with Crippen molar-refractivity contribution in [2.45, 2.75) is 50.6 Å². The number of pyridine rings is 3. The molecule has 4 aliphatic rings. The Hall–Kier alpha value is -4.31. The largest absolute Gasteiger partial charge is 0.367 e. The van der Waals surface area contributed by atoms with Crippen LogP contribution in [-0.2, 0) is 4.79 Å². The summed E-state index contributed by atoms with van der Waals surface area (Å²) in [6.07, 6.45) is 9.59. The van der Waals surface area contributed by atoms with Gasteiger partial charge in [0.25, 0.3) is 5.56 Å². The molecule has 6 heterocycles. The number of rotatable bonds is 6. The van der Waals surface area contributed by atoms with Crippen LogP contribution in [0.5, 0.6) is 0 Å². The molecule has 1 aromatic carbocycles. The molecule has 0 spiro atoms. The standard InChI is InChI=1S/C31H32FN7O2/c32-24-13-19(36-30(40)18-4-2-1-3-5-18)6-8-23(24)26-14-27(29-25(37-26)10-11-33-31(29)41)38-28-9-7-22(15-34-28)39-16-20-12-21(17-39)35-20/h6-11,13-15,18,20-21,35H,1-5,12,16-17H2,(H,33,41)(H,36,40)(H,34,37,38). The number of benzene rings is 1. The normalized spacial score (nSPS) is 20.5. The highest BCUT2D eigenvalue weighted by Gasteiger charge is 2.36. The zero-order valence-electron chi connectivity index (χ0n) is 22.6. The van der Waals surface area contributed by atoms with Crippen molar-refractivity contribution in [3.63, 3.8) is 0 Å². The van der Waals surface area contributed by atoms with E-state index in [4.69, 9.17) is 0 Å². The fourth-order valence-electron chi connectivity index (χ4n) is 6.35. The lowest BCUT2D eigenvalue weighted by atomic mass is 9.88. The lowest BCUT2D eigenvalue weighted by Crippen LogP contribution is -2.67. The quantitative estimate of drug-likeness (QED) is 0.267. The van der Waals surface area contributed by atoms with Crippen LogP contribution in [-0.4, -0.2) is 46.0 Å². The first kappa shape index (κ1) is 25.6. The van der Waals surface area contributed by atoms with Crippen LogP contribution in [0.4, 0.5) is 27.3 Å². The van der Waals surface area contributed by atoms with Crippen molar-refractivity contribution in [2.24, 2.45) is 5.92 Å². The summed E-state index contributed by atoms with van der Waals surface area (Å²) in [5.74, 6) is -0.0215. The molecule has 2 atom stereocenters. The van der Waals surface area contributed by atoms with Crippen molar-refractivity contribution in [3.05, 3.63) is 71.0 Å². The van der Waals surface area contributed by atoms with E-state index in [0.29, 0.717) is 45.9 Å². The van der Waals surface area contributed by atoms with Crippen molar-refractivity contribution < 1.29 is 9.18 Å². The van der Waals surface area contributed by atoms with Crippen LogP contribution in [0.15, 0.2) is 59.7 Å². The number of aromatic nitrogens is 3. The lowest BCUT2D eigenvalue weighted by molar-refractivity contribution is -0.120. The Morgan fingerprint density at radius 2 is 1.83 bits per heavy atom. The van der Waals surface area contributed by atoms with E-state index in [9.17, 15) is 9.59 Å². The molecule has 3 aliphatic heterocycles. The summed E-state index contributed by atoms with van der Waals surface area (Å²) in [7, 11) is 0. The first-order valence-electron chi connectivity index (χ1n) is 14.4. The number of nitrogens with one attached hydrogen (secondary N) is 4. The van der Waals surface area contributed by atoms with Gasteiger partial charge in [-0.3, -0.25) is 9.59 Å². The van der Waals surface area contributed by atoms with Crippen LogP contribution < -0.4 is 26.4 Å². The van der Waals surface area contributed by atoms with Gasteiger partial charge in [0.2, 0.25) is 5.91 Å². The number of piperazine rings is 1. The van der Waals surface area contributed by atoms with E-state index in [1.165, 1.54) is 18.7 Å². The monoisotopic (exact) mass is 553 g/mol. The minimum atomic E-state index is -0.509. The topological polar surface area (TPSA) is 115 Å². The predicted octanol–water partition coefficient (Wildman–Crippen LogP) is 4.94. The molecule has 2 unspecified atom stereocenters. The number of piperidine rings is 1. The molecule has 41 heavy (non-hydrogen) atoms. The third kappa shape index (κ3) is 5.15. The molecular weight excluding hydrogens is 521 g/mol. The van der Waals surface area contributed by atoms with Crippen molar-refractivity contribution in [1.29, 1.82) is 0 Å². The number of fused-ring (bicyclic) bond motifs is 3. The summed E-state index contributed by atoms with van der Waals surface area (Å²) in [5, 5.41) is 10.0. The number of halogens is 1. The summed E-state index contributed by atoms with van der Waals surface area (Å²) >= 11 is 0. The Labute approximate surface area is 236 Å². The first-order chi connectivity index (χ1) is 20.0. The van der Waals surface area contributed by atoms with Gasteiger partial charge in [-0.25, -0.2) is 14.4 Å². The molecule has 0 radical (unpaired) electrons. The summed E-state index contributed by atoms with van der Waals surface area (Å²) < 4.78 is 15.4. The molecular formula is C31H32FN7O2. The van der Waals surface area contributed by atoms with E-state index in [2.05, 4.69) is 35.8 Å². The average Bonchev–Trinajstić information content (AvgIpc) is 2.98. The van der Waals surface area contributed by atoms with Crippen molar-refractivity contribution in [1.82, 2.24) is 20.3 Å². The van der Waals surface area contributed by atoms with Gasteiger partial charge in [-0.05, 0) is 61.7 Å². The van der Waals surface area contributed by atoms with E-state index in [0.717, 1.165) is 50.9 Å². The lowest BCUT2D eigenvalue weighted by Gasteiger charge is -2.49. The highest BCUT2D eigenvalue weighted by molar-refractivity contribution is 5.95. The van der Waals surface area contributed by atoms with Gasteiger partial charge in [-0.1, -0.05) is 19.3 Å². The molecule has 1 aliphatic carbocycles. The van der Waals surface area contributed by atoms with E-state index in [-0.39, 0.29) is 22.9 Å². The maximum absolute atomic E-state index is 15.4. The molecule has 1 saturated carbocycles. The third-order valence-electron chi connectivity index (χ3n) is 8.52. The Balaban J connectivity index is 1.16. The van der Waals surface area contributed by atoms with E-state index < -0.39 is 5.82 Å². The Bertz CT molecular complexity index is 1650. The van der Waals surface area contributed by atoms with Crippen molar-refractivity contribution in [2.75, 3.05) is 28.6 Å². The van der Waals surface area contributed by atoms with Gasteiger partial charge in [0, 0.05) is 48.5 Å². The summed E-state index contributed by atoms with van der Waals surface area (Å²) in [4.78, 5) is 39.7. The van der Waals surface area contributed by atoms with E-state index >= 15 is 4.39 Å². The van der Waals surface area contributed by atoms with Gasteiger partial charge in [0.15, 0.2) is 0 Å². The maximum atomic E-state index is 15.4. The number of hydrogen-bond acceptors (Lipinski definition) is 7. The smallest absolute Gasteiger partial charge is 0.259 e. The number of aromatic amines is 1. The van der Waals surface area contributed by atoms with Crippen LogP contribution in [0.25, 0.3) is 22.2 Å². The number of anilines is 4. The van der Waals surface area contributed by atoms with E-state index in [1.54, 1.807) is 24.3 Å². The van der Waals surface area contributed by atoms with Crippen LogP contribution in [0.3, 0.4) is 0 Å². The number of carbonyl (C=O) groups is 1. The van der Waals surface area contributed by atoms with Gasteiger partial charge in [-0.2, -0.15) is 0 Å². The Morgan fingerprint density at radius 3 is 2.56 bits per heavy atom. The fourth-order valence-corrected chi connectivity index (χ4v) is 6.35. The zero-order valence-corrected chi connectivity index (χ0v) is 22.6. The number of hydrogen-bond donors (Lipinski definition) is 4.